The molecule has 0 aromatic heterocycles. The summed E-state index contributed by atoms with van der Waals surface area (Å²) in [6.07, 6.45) is -1.07. The third-order valence-electron chi connectivity index (χ3n) is 1.93. The molecular formula is C9H14N2O6. The zero-order valence-electron chi connectivity index (χ0n) is 9.17. The van der Waals surface area contributed by atoms with Gasteiger partial charge in [-0.25, -0.2) is 0 Å². The Labute approximate surface area is 96.8 Å². The zero-order valence-corrected chi connectivity index (χ0v) is 9.17. The van der Waals surface area contributed by atoms with E-state index in [0.717, 1.165) is 6.92 Å². The first kappa shape index (κ1) is 15.0. The Hall–Kier alpha value is -1.96. The van der Waals surface area contributed by atoms with Crippen molar-refractivity contribution < 1.29 is 29.4 Å². The van der Waals surface area contributed by atoms with E-state index in [1.54, 1.807) is 0 Å². The lowest BCUT2D eigenvalue weighted by atomic mass is 10.1. The maximum Gasteiger partial charge on any atom is 0.321 e. The molecule has 0 aliphatic carbocycles. The second kappa shape index (κ2) is 6.59. The number of Topliss-reactive ketones (excluding diaryl/α,β-unsaturated/α-hetero) is 1. The van der Waals surface area contributed by atoms with Crippen LogP contribution < -0.4 is 11.1 Å². The van der Waals surface area contributed by atoms with Gasteiger partial charge in [0.25, 0.3) is 0 Å². The van der Waals surface area contributed by atoms with Crippen LogP contribution >= 0.6 is 0 Å². The Bertz CT molecular complexity index is 340. The summed E-state index contributed by atoms with van der Waals surface area (Å²) in [6, 6.07) is -2.55. The lowest BCUT2D eigenvalue weighted by molar-refractivity contribution is -0.142. The predicted octanol–water partition coefficient (Wildman–Crippen LogP) is -1.66. The molecular weight excluding hydrogens is 232 g/mol. The van der Waals surface area contributed by atoms with E-state index in [2.05, 4.69) is 5.32 Å². The van der Waals surface area contributed by atoms with Crippen molar-refractivity contribution in [3.63, 3.8) is 0 Å². The molecule has 8 heteroatoms. The van der Waals surface area contributed by atoms with E-state index in [4.69, 9.17) is 15.9 Å². The Morgan fingerprint density at radius 1 is 1.18 bits per heavy atom. The molecule has 0 spiro atoms. The topological polar surface area (TPSA) is 147 Å². The van der Waals surface area contributed by atoms with Crippen molar-refractivity contribution in [3.8, 4) is 0 Å². The van der Waals surface area contributed by atoms with Crippen molar-refractivity contribution in [3.05, 3.63) is 0 Å². The maximum atomic E-state index is 11.3. The summed E-state index contributed by atoms with van der Waals surface area (Å²) in [5, 5.41) is 19.1. The summed E-state index contributed by atoms with van der Waals surface area (Å²) >= 11 is 0. The second-order valence-corrected chi connectivity index (χ2v) is 3.48. The number of amides is 1. The average molecular weight is 246 g/mol. The van der Waals surface area contributed by atoms with Gasteiger partial charge in [0.05, 0.1) is 18.9 Å². The van der Waals surface area contributed by atoms with Gasteiger partial charge < -0.3 is 21.3 Å². The van der Waals surface area contributed by atoms with E-state index >= 15 is 0 Å². The molecule has 0 saturated heterocycles. The van der Waals surface area contributed by atoms with Crippen molar-refractivity contribution in [1.82, 2.24) is 5.32 Å². The van der Waals surface area contributed by atoms with Gasteiger partial charge in [-0.1, -0.05) is 0 Å². The fourth-order valence-corrected chi connectivity index (χ4v) is 1.01. The number of rotatable bonds is 7. The molecule has 96 valence electrons. The molecule has 0 aromatic carbocycles. The fourth-order valence-electron chi connectivity index (χ4n) is 1.01. The number of nitrogens with one attached hydrogen (secondary N) is 1. The summed E-state index contributed by atoms with van der Waals surface area (Å²) in [5.41, 5.74) is 5.11. The smallest absolute Gasteiger partial charge is 0.321 e. The van der Waals surface area contributed by atoms with E-state index in [-0.39, 0.29) is 0 Å². The van der Waals surface area contributed by atoms with Crippen LogP contribution in [0.4, 0.5) is 0 Å². The number of ketones is 1. The quantitative estimate of drug-likeness (QED) is 0.420. The largest absolute Gasteiger partial charge is 0.481 e. The molecule has 0 bridgehead atoms. The zero-order chi connectivity index (χ0) is 13.6. The third-order valence-corrected chi connectivity index (χ3v) is 1.93. The molecule has 2 unspecified atom stereocenters. The highest BCUT2D eigenvalue weighted by Gasteiger charge is 2.23. The van der Waals surface area contributed by atoms with Crippen LogP contribution in [0.1, 0.15) is 19.8 Å². The number of carbonyl (C=O) groups is 4. The minimum atomic E-state index is -1.38. The lowest BCUT2D eigenvalue weighted by Gasteiger charge is -2.14. The Morgan fingerprint density at radius 2 is 1.71 bits per heavy atom. The molecule has 17 heavy (non-hydrogen) atoms. The van der Waals surface area contributed by atoms with Gasteiger partial charge in [-0.3, -0.25) is 19.2 Å². The third kappa shape index (κ3) is 6.25. The van der Waals surface area contributed by atoms with Crippen molar-refractivity contribution in [2.75, 3.05) is 0 Å². The van der Waals surface area contributed by atoms with Crippen LogP contribution in [-0.4, -0.2) is 45.9 Å². The molecule has 5 N–H and O–H groups in total. The van der Waals surface area contributed by atoms with Gasteiger partial charge >= 0.3 is 11.9 Å². The van der Waals surface area contributed by atoms with E-state index in [9.17, 15) is 19.2 Å². The predicted molar refractivity (Wildman–Crippen MR) is 55.1 cm³/mol. The van der Waals surface area contributed by atoms with Crippen LogP contribution in [0.25, 0.3) is 0 Å². The van der Waals surface area contributed by atoms with Gasteiger partial charge in [-0.05, 0) is 6.92 Å². The fraction of sp³-hybridized carbons (Fsp3) is 0.556. The summed E-state index contributed by atoms with van der Waals surface area (Å²) in [7, 11) is 0. The molecule has 1 amide bonds. The minimum absolute atomic E-state index is 0.515. The van der Waals surface area contributed by atoms with E-state index in [1.807, 2.05) is 0 Å². The highest BCUT2D eigenvalue weighted by Crippen LogP contribution is 1.97. The first-order chi connectivity index (χ1) is 7.73. The first-order valence-electron chi connectivity index (χ1n) is 4.74. The number of hydrogen-bond acceptors (Lipinski definition) is 5. The van der Waals surface area contributed by atoms with Gasteiger partial charge in [0.15, 0.2) is 5.78 Å². The average Bonchev–Trinajstić information content (AvgIpc) is 2.15. The second-order valence-electron chi connectivity index (χ2n) is 3.48. The highest BCUT2D eigenvalue weighted by atomic mass is 16.4. The molecule has 0 aliphatic rings. The normalized spacial score (nSPS) is 13.5. The van der Waals surface area contributed by atoms with Crippen molar-refractivity contribution in [2.24, 2.45) is 5.73 Å². The van der Waals surface area contributed by atoms with Crippen LogP contribution in [0.15, 0.2) is 0 Å². The number of hydrogen-bond donors (Lipinski definition) is 4. The highest BCUT2D eigenvalue weighted by molar-refractivity contribution is 5.91. The summed E-state index contributed by atoms with van der Waals surface area (Å²) < 4.78 is 0. The Kier molecular flexibility index (Phi) is 5.83. The number of nitrogens with two attached hydrogens (primary N) is 1. The van der Waals surface area contributed by atoms with Crippen LogP contribution in [0.3, 0.4) is 0 Å². The van der Waals surface area contributed by atoms with Gasteiger partial charge in [-0.15, -0.1) is 0 Å². The Morgan fingerprint density at radius 3 is 2.06 bits per heavy atom. The molecule has 0 aliphatic heterocycles. The SMILES string of the molecule is CC(=O)C(CC(=O)O)NC(=O)CC(N)C(=O)O. The lowest BCUT2D eigenvalue weighted by Crippen LogP contribution is -2.44. The van der Waals surface area contributed by atoms with Crippen LogP contribution in [0.2, 0.25) is 0 Å². The summed E-state index contributed by atoms with van der Waals surface area (Å²) in [4.78, 5) is 43.0. The standard InChI is InChI=1S/C9H14N2O6/c1-4(12)6(3-8(14)15)11-7(13)2-5(10)9(16)17/h5-6H,2-3,10H2,1H3,(H,11,13)(H,14,15)(H,16,17). The summed E-state index contributed by atoms with van der Waals surface area (Å²) in [5.74, 6) is -3.89. The first-order valence-corrected chi connectivity index (χ1v) is 4.74. The molecule has 2 atom stereocenters. The van der Waals surface area contributed by atoms with Crippen molar-refractivity contribution in [1.29, 1.82) is 0 Å². The molecule has 0 fully saturated rings. The van der Waals surface area contributed by atoms with Gasteiger partial charge in [0, 0.05) is 0 Å². The molecule has 0 saturated carbocycles. The number of aliphatic carboxylic acids is 2. The van der Waals surface area contributed by atoms with Crippen LogP contribution in [-0.2, 0) is 19.2 Å². The monoisotopic (exact) mass is 246 g/mol. The van der Waals surface area contributed by atoms with Crippen molar-refractivity contribution >= 4 is 23.6 Å². The van der Waals surface area contributed by atoms with Gasteiger partial charge in [-0.2, -0.15) is 0 Å². The summed E-state index contributed by atoms with van der Waals surface area (Å²) in [6.45, 7) is 1.13. The van der Waals surface area contributed by atoms with Crippen LogP contribution in [0, 0.1) is 0 Å². The number of carbonyl (C=O) groups excluding carboxylic acids is 2. The molecule has 0 rings (SSSR count). The Balaban J connectivity index is 4.36. The number of carboxylic acids is 2. The molecule has 0 aromatic rings. The number of carboxylic acid groups (broad SMARTS) is 2. The maximum absolute atomic E-state index is 11.3. The van der Waals surface area contributed by atoms with E-state index < -0.39 is 48.6 Å². The molecule has 0 heterocycles. The van der Waals surface area contributed by atoms with E-state index in [1.165, 1.54) is 0 Å². The molecule has 8 nitrogen and oxygen atoms in total. The van der Waals surface area contributed by atoms with Gasteiger partial charge in [0.2, 0.25) is 5.91 Å². The molecule has 0 radical (unpaired) electrons. The van der Waals surface area contributed by atoms with Gasteiger partial charge in [0.1, 0.15) is 6.04 Å². The van der Waals surface area contributed by atoms with Crippen LogP contribution in [0.5, 0.6) is 0 Å². The minimum Gasteiger partial charge on any atom is -0.481 e. The van der Waals surface area contributed by atoms with Crippen molar-refractivity contribution in [2.45, 2.75) is 31.8 Å². The van der Waals surface area contributed by atoms with E-state index in [0.29, 0.717) is 0 Å².